The zero-order valence-corrected chi connectivity index (χ0v) is 13.5. The standard InChI is InChI=1S/C20H21FN2O/c21-14-8-5-13(6-9-14)7-10-19(24)23-20-16-4-2-1-3-15(16)17-11-22-12-18(17)20/h1-6,8-9,17-18,20,22H,7,10-12H2,(H,23,24)/t17-,18-,20-/m0/s1. The van der Waals surface area contributed by atoms with E-state index < -0.39 is 0 Å². The number of hydrogen-bond donors (Lipinski definition) is 2. The molecule has 1 fully saturated rings. The van der Waals surface area contributed by atoms with Crippen LogP contribution in [-0.4, -0.2) is 19.0 Å². The van der Waals surface area contributed by atoms with Gasteiger partial charge in [0.2, 0.25) is 5.91 Å². The minimum Gasteiger partial charge on any atom is -0.349 e. The molecule has 0 radical (unpaired) electrons. The van der Waals surface area contributed by atoms with Crippen LogP contribution in [0.25, 0.3) is 0 Å². The first-order valence-electron chi connectivity index (χ1n) is 8.56. The fourth-order valence-corrected chi connectivity index (χ4v) is 4.09. The van der Waals surface area contributed by atoms with Gasteiger partial charge in [0.25, 0.3) is 0 Å². The lowest BCUT2D eigenvalue weighted by Gasteiger charge is -2.20. The van der Waals surface area contributed by atoms with E-state index in [1.807, 2.05) is 6.07 Å². The van der Waals surface area contributed by atoms with Gasteiger partial charge in [0.05, 0.1) is 6.04 Å². The Morgan fingerprint density at radius 3 is 2.62 bits per heavy atom. The van der Waals surface area contributed by atoms with Crippen molar-refractivity contribution in [2.75, 3.05) is 13.1 Å². The molecule has 2 aromatic rings. The molecule has 24 heavy (non-hydrogen) atoms. The van der Waals surface area contributed by atoms with Crippen LogP contribution in [0.3, 0.4) is 0 Å². The van der Waals surface area contributed by atoms with Gasteiger partial charge in [-0.25, -0.2) is 4.39 Å². The second-order valence-corrected chi connectivity index (χ2v) is 6.73. The fourth-order valence-electron chi connectivity index (χ4n) is 4.09. The average Bonchev–Trinajstić information content (AvgIpc) is 3.18. The molecule has 3 nitrogen and oxygen atoms in total. The van der Waals surface area contributed by atoms with Crippen molar-refractivity contribution in [1.29, 1.82) is 0 Å². The monoisotopic (exact) mass is 324 g/mol. The molecular formula is C20H21FN2O. The van der Waals surface area contributed by atoms with Gasteiger partial charge in [0.1, 0.15) is 5.82 Å². The van der Waals surface area contributed by atoms with Crippen LogP contribution in [0.4, 0.5) is 4.39 Å². The first-order valence-corrected chi connectivity index (χ1v) is 8.56. The molecule has 1 amide bonds. The summed E-state index contributed by atoms with van der Waals surface area (Å²) in [5, 5.41) is 6.68. The molecule has 0 unspecified atom stereocenters. The van der Waals surface area contributed by atoms with E-state index >= 15 is 0 Å². The number of carbonyl (C=O) groups excluding carboxylic acids is 1. The highest BCUT2D eigenvalue weighted by Crippen LogP contribution is 2.46. The van der Waals surface area contributed by atoms with Gasteiger partial charge in [-0.1, -0.05) is 36.4 Å². The Kier molecular flexibility index (Phi) is 4.07. The van der Waals surface area contributed by atoms with Gasteiger partial charge in [-0.3, -0.25) is 4.79 Å². The topological polar surface area (TPSA) is 41.1 Å². The van der Waals surface area contributed by atoms with Crippen molar-refractivity contribution >= 4 is 5.91 Å². The lowest BCUT2D eigenvalue weighted by atomic mass is 9.94. The SMILES string of the molecule is O=C(CCc1ccc(F)cc1)N[C@H]1c2ccccc2[C@@H]2CNC[C@@H]21. The highest BCUT2D eigenvalue weighted by atomic mass is 19.1. The summed E-state index contributed by atoms with van der Waals surface area (Å²) in [6.45, 7) is 1.94. The first kappa shape index (κ1) is 15.3. The molecule has 1 saturated heterocycles. The van der Waals surface area contributed by atoms with Crippen LogP contribution in [-0.2, 0) is 11.2 Å². The van der Waals surface area contributed by atoms with E-state index in [1.165, 1.54) is 23.3 Å². The van der Waals surface area contributed by atoms with E-state index in [9.17, 15) is 9.18 Å². The van der Waals surface area contributed by atoms with Crippen molar-refractivity contribution in [3.05, 3.63) is 71.0 Å². The Morgan fingerprint density at radius 2 is 1.83 bits per heavy atom. The molecule has 124 valence electrons. The predicted molar refractivity (Wildman–Crippen MR) is 91.1 cm³/mol. The average molecular weight is 324 g/mol. The van der Waals surface area contributed by atoms with Gasteiger partial charge >= 0.3 is 0 Å². The second-order valence-electron chi connectivity index (χ2n) is 6.73. The van der Waals surface area contributed by atoms with Crippen LogP contribution in [0, 0.1) is 11.7 Å². The van der Waals surface area contributed by atoms with Gasteiger partial charge in [-0.05, 0) is 35.2 Å². The summed E-state index contributed by atoms with van der Waals surface area (Å²) in [4.78, 5) is 12.4. The molecule has 2 aliphatic rings. The Labute approximate surface area is 141 Å². The van der Waals surface area contributed by atoms with Crippen molar-refractivity contribution in [2.45, 2.75) is 24.8 Å². The third kappa shape index (κ3) is 2.82. The van der Waals surface area contributed by atoms with Crippen LogP contribution in [0.1, 0.15) is 35.1 Å². The Balaban J connectivity index is 1.43. The third-order valence-electron chi connectivity index (χ3n) is 5.29. The van der Waals surface area contributed by atoms with E-state index in [0.29, 0.717) is 24.7 Å². The molecule has 2 aromatic carbocycles. The Morgan fingerprint density at radius 1 is 1.08 bits per heavy atom. The van der Waals surface area contributed by atoms with E-state index in [0.717, 1.165) is 18.7 Å². The van der Waals surface area contributed by atoms with Crippen LogP contribution in [0.5, 0.6) is 0 Å². The first-order chi connectivity index (χ1) is 11.7. The number of carbonyl (C=O) groups is 1. The largest absolute Gasteiger partial charge is 0.349 e. The normalized spacial score (nSPS) is 24.5. The zero-order chi connectivity index (χ0) is 16.5. The second kappa shape index (κ2) is 6.36. The highest BCUT2D eigenvalue weighted by molar-refractivity contribution is 5.77. The zero-order valence-electron chi connectivity index (χ0n) is 13.5. The number of benzene rings is 2. The van der Waals surface area contributed by atoms with Crippen molar-refractivity contribution in [3.8, 4) is 0 Å². The Hall–Kier alpha value is -2.20. The quantitative estimate of drug-likeness (QED) is 0.908. The fraction of sp³-hybridized carbons (Fsp3) is 0.350. The number of nitrogens with one attached hydrogen (secondary N) is 2. The molecule has 0 spiro atoms. The van der Waals surface area contributed by atoms with Crippen LogP contribution >= 0.6 is 0 Å². The number of hydrogen-bond acceptors (Lipinski definition) is 2. The molecular weight excluding hydrogens is 303 g/mol. The summed E-state index contributed by atoms with van der Waals surface area (Å²) >= 11 is 0. The summed E-state index contributed by atoms with van der Waals surface area (Å²) < 4.78 is 12.9. The number of amides is 1. The van der Waals surface area contributed by atoms with Crippen molar-refractivity contribution in [3.63, 3.8) is 0 Å². The maximum atomic E-state index is 12.9. The summed E-state index contributed by atoms with van der Waals surface area (Å²) in [6, 6.07) is 14.9. The summed E-state index contributed by atoms with van der Waals surface area (Å²) in [5.74, 6) is 0.762. The molecule has 4 heteroatoms. The van der Waals surface area contributed by atoms with Crippen LogP contribution in [0.15, 0.2) is 48.5 Å². The van der Waals surface area contributed by atoms with Crippen LogP contribution < -0.4 is 10.6 Å². The maximum absolute atomic E-state index is 12.9. The molecule has 0 bridgehead atoms. The third-order valence-corrected chi connectivity index (χ3v) is 5.29. The van der Waals surface area contributed by atoms with E-state index in [-0.39, 0.29) is 17.8 Å². The van der Waals surface area contributed by atoms with E-state index in [2.05, 4.69) is 28.8 Å². The lowest BCUT2D eigenvalue weighted by molar-refractivity contribution is -0.122. The molecule has 1 aliphatic carbocycles. The van der Waals surface area contributed by atoms with Gasteiger partial charge < -0.3 is 10.6 Å². The minimum absolute atomic E-state index is 0.0617. The number of fused-ring (bicyclic) bond motifs is 3. The van der Waals surface area contributed by atoms with Gasteiger partial charge in [-0.2, -0.15) is 0 Å². The highest BCUT2D eigenvalue weighted by Gasteiger charge is 2.43. The van der Waals surface area contributed by atoms with Gasteiger partial charge in [0.15, 0.2) is 0 Å². The van der Waals surface area contributed by atoms with Crippen molar-refractivity contribution in [1.82, 2.24) is 10.6 Å². The molecule has 4 rings (SSSR count). The minimum atomic E-state index is -0.245. The molecule has 3 atom stereocenters. The molecule has 1 heterocycles. The smallest absolute Gasteiger partial charge is 0.220 e. The molecule has 2 N–H and O–H groups in total. The van der Waals surface area contributed by atoms with Crippen molar-refractivity contribution < 1.29 is 9.18 Å². The van der Waals surface area contributed by atoms with Gasteiger partial charge in [0, 0.05) is 31.3 Å². The Bertz CT molecular complexity index is 744. The number of halogens is 1. The number of aryl methyl sites for hydroxylation is 1. The van der Waals surface area contributed by atoms with Crippen molar-refractivity contribution in [2.24, 2.45) is 5.92 Å². The molecule has 0 aromatic heterocycles. The summed E-state index contributed by atoms with van der Waals surface area (Å²) in [6.07, 6.45) is 1.06. The lowest BCUT2D eigenvalue weighted by Crippen LogP contribution is -2.33. The molecule has 0 saturated carbocycles. The van der Waals surface area contributed by atoms with E-state index in [1.54, 1.807) is 12.1 Å². The number of rotatable bonds is 4. The van der Waals surface area contributed by atoms with Crippen LogP contribution in [0.2, 0.25) is 0 Å². The predicted octanol–water partition coefficient (Wildman–Crippen LogP) is 2.93. The molecule has 1 aliphatic heterocycles. The summed E-state index contributed by atoms with van der Waals surface area (Å²) in [7, 11) is 0. The summed E-state index contributed by atoms with van der Waals surface area (Å²) in [5.41, 5.74) is 3.62. The van der Waals surface area contributed by atoms with E-state index in [4.69, 9.17) is 0 Å². The maximum Gasteiger partial charge on any atom is 0.220 e. The van der Waals surface area contributed by atoms with Gasteiger partial charge in [-0.15, -0.1) is 0 Å².